The molecule has 8 heteroatoms. The molecule has 35 heavy (non-hydrogen) atoms. The molecule has 3 aromatic rings. The van der Waals surface area contributed by atoms with Crippen molar-refractivity contribution < 1.29 is 17.7 Å². The smallest absolute Gasteiger partial charge is 0.263 e. The summed E-state index contributed by atoms with van der Waals surface area (Å²) in [7, 11) is -4.45. The monoisotopic (exact) mass is 494 g/mol. The Labute approximate surface area is 204 Å². The summed E-state index contributed by atoms with van der Waals surface area (Å²) in [6.45, 7) is 7.22. The van der Waals surface area contributed by atoms with Gasteiger partial charge in [-0.2, -0.15) is 0 Å². The van der Waals surface area contributed by atoms with Gasteiger partial charge in [0.2, 0.25) is 0 Å². The largest absolute Gasteiger partial charge is 0.289 e. The lowest BCUT2D eigenvalue weighted by molar-refractivity contribution is -0.387. The Morgan fingerprint density at radius 1 is 1.03 bits per heavy atom. The van der Waals surface area contributed by atoms with E-state index in [0.29, 0.717) is 11.3 Å². The second-order valence-corrected chi connectivity index (χ2v) is 12.0. The zero-order chi connectivity index (χ0) is 25.3. The summed E-state index contributed by atoms with van der Waals surface area (Å²) in [4.78, 5) is 10.5. The van der Waals surface area contributed by atoms with Crippen LogP contribution in [0.15, 0.2) is 71.6 Å². The second-order valence-electron chi connectivity index (χ2n) is 10.2. The summed E-state index contributed by atoms with van der Waals surface area (Å²) in [6.07, 6.45) is 0. The summed E-state index contributed by atoms with van der Waals surface area (Å²) < 4.78 is 46.4. The number of halogens is 1. The van der Waals surface area contributed by atoms with E-state index < -0.39 is 49.1 Å². The minimum atomic E-state index is -4.45. The van der Waals surface area contributed by atoms with Gasteiger partial charge in [0.15, 0.2) is 4.90 Å². The van der Waals surface area contributed by atoms with E-state index in [4.69, 9.17) is 0 Å². The van der Waals surface area contributed by atoms with Gasteiger partial charge in [-0.05, 0) is 40.3 Å². The Morgan fingerprint density at radius 2 is 1.69 bits per heavy atom. The molecule has 0 radical (unpaired) electrons. The molecule has 2 aliphatic rings. The molecule has 0 fully saturated rings. The van der Waals surface area contributed by atoms with Crippen molar-refractivity contribution in [2.24, 2.45) is 0 Å². The zero-order valence-corrected chi connectivity index (χ0v) is 20.8. The molecule has 1 aliphatic carbocycles. The molecule has 0 aromatic heterocycles. The minimum Gasteiger partial charge on any atom is -0.263 e. The molecule has 1 heterocycles. The summed E-state index contributed by atoms with van der Waals surface area (Å²) in [5, 5.41) is 11.7. The number of anilines is 1. The van der Waals surface area contributed by atoms with E-state index >= 15 is 4.39 Å². The van der Waals surface area contributed by atoms with Crippen LogP contribution in [0.4, 0.5) is 15.8 Å². The Morgan fingerprint density at radius 3 is 2.37 bits per heavy atom. The van der Waals surface area contributed by atoms with Gasteiger partial charge in [0.1, 0.15) is 5.67 Å². The molecule has 6 nitrogen and oxygen atoms in total. The molecule has 0 bridgehead atoms. The number of nitrogens with zero attached hydrogens (tertiary/aromatic N) is 2. The topological polar surface area (TPSA) is 80.5 Å². The van der Waals surface area contributed by atoms with Crippen LogP contribution < -0.4 is 4.31 Å². The third-order valence-electron chi connectivity index (χ3n) is 7.74. The van der Waals surface area contributed by atoms with Crippen molar-refractivity contribution in [3.63, 3.8) is 0 Å². The Balaban J connectivity index is 1.80. The predicted octanol–water partition coefficient (Wildman–Crippen LogP) is 6.06. The third-order valence-corrected chi connectivity index (χ3v) is 9.55. The van der Waals surface area contributed by atoms with Gasteiger partial charge in [0, 0.05) is 17.4 Å². The van der Waals surface area contributed by atoms with E-state index in [0.717, 1.165) is 27.1 Å². The molecule has 0 saturated carbocycles. The summed E-state index contributed by atoms with van der Waals surface area (Å²) >= 11 is 0. The molecule has 0 spiro atoms. The number of alkyl halides is 1. The Kier molecular flexibility index (Phi) is 5.11. The molecule has 3 aromatic carbocycles. The molecule has 0 saturated heterocycles. The standard InChI is InChI=1S/C27H27FN2O4S/c1-17(2)18-13-14-22-20(15-18)25-19-9-5-6-10-21(19)26(3,4)27(25,28)16-29(22)35(33,34)24-12-8-7-11-23(24)30(31)32/h5-15,17,25H,16H2,1-4H3/t25-,27-/m0/s1. The van der Waals surface area contributed by atoms with Gasteiger partial charge in [-0.15, -0.1) is 0 Å². The lowest BCUT2D eigenvalue weighted by Crippen LogP contribution is -2.56. The Hall–Kier alpha value is -3.26. The van der Waals surface area contributed by atoms with Gasteiger partial charge in [-0.1, -0.05) is 76.2 Å². The van der Waals surface area contributed by atoms with Crippen molar-refractivity contribution in [1.82, 2.24) is 0 Å². The lowest BCUT2D eigenvalue weighted by atomic mass is 9.69. The first kappa shape index (κ1) is 23.5. The van der Waals surface area contributed by atoms with Crippen LogP contribution in [0.2, 0.25) is 0 Å². The van der Waals surface area contributed by atoms with Crippen LogP contribution in [0, 0.1) is 10.1 Å². The van der Waals surface area contributed by atoms with Crippen molar-refractivity contribution in [2.45, 2.75) is 55.5 Å². The molecule has 0 N–H and O–H groups in total. The minimum absolute atomic E-state index is 0.154. The zero-order valence-electron chi connectivity index (χ0n) is 20.0. The molecule has 2 atom stereocenters. The van der Waals surface area contributed by atoms with Crippen LogP contribution in [-0.2, 0) is 15.4 Å². The van der Waals surface area contributed by atoms with Crippen molar-refractivity contribution in [3.8, 4) is 0 Å². The fourth-order valence-electron chi connectivity index (χ4n) is 5.70. The van der Waals surface area contributed by atoms with Crippen LogP contribution in [0.1, 0.15) is 61.8 Å². The van der Waals surface area contributed by atoms with Crippen molar-refractivity contribution >= 4 is 21.4 Å². The van der Waals surface area contributed by atoms with Gasteiger partial charge in [-0.25, -0.2) is 12.8 Å². The number of hydrogen-bond donors (Lipinski definition) is 0. The van der Waals surface area contributed by atoms with Crippen LogP contribution in [0.25, 0.3) is 0 Å². The fourth-order valence-corrected chi connectivity index (χ4v) is 7.37. The number of rotatable bonds is 4. The molecular weight excluding hydrogens is 467 g/mol. The highest BCUT2D eigenvalue weighted by molar-refractivity contribution is 7.93. The van der Waals surface area contributed by atoms with E-state index in [2.05, 4.69) is 0 Å². The molecule has 182 valence electrons. The molecule has 1 aliphatic heterocycles. The van der Waals surface area contributed by atoms with Gasteiger partial charge >= 0.3 is 0 Å². The molecule has 0 unspecified atom stereocenters. The van der Waals surface area contributed by atoms with Crippen LogP contribution in [0.3, 0.4) is 0 Å². The first-order valence-corrected chi connectivity index (χ1v) is 13.0. The number of nitro benzene ring substituents is 1. The first-order chi connectivity index (χ1) is 16.4. The van der Waals surface area contributed by atoms with Crippen molar-refractivity contribution in [1.29, 1.82) is 0 Å². The number of para-hydroxylation sites is 1. The second kappa shape index (κ2) is 7.62. The maximum absolute atomic E-state index is 17.5. The third kappa shape index (κ3) is 3.15. The van der Waals surface area contributed by atoms with E-state index in [1.807, 2.05) is 50.2 Å². The van der Waals surface area contributed by atoms with Crippen LogP contribution >= 0.6 is 0 Å². The summed E-state index contributed by atoms with van der Waals surface area (Å²) in [6, 6.07) is 18.3. The number of fused-ring (bicyclic) bond motifs is 5. The van der Waals surface area contributed by atoms with E-state index in [1.165, 1.54) is 18.2 Å². The average Bonchev–Trinajstić information content (AvgIpc) is 3.00. The highest BCUT2D eigenvalue weighted by atomic mass is 32.2. The summed E-state index contributed by atoms with van der Waals surface area (Å²) in [5.74, 6) is -0.499. The van der Waals surface area contributed by atoms with Gasteiger partial charge in [0.05, 0.1) is 17.2 Å². The highest BCUT2D eigenvalue weighted by Crippen LogP contribution is 2.62. The van der Waals surface area contributed by atoms with E-state index in [9.17, 15) is 18.5 Å². The fraction of sp³-hybridized carbons (Fsp3) is 0.333. The average molecular weight is 495 g/mol. The highest BCUT2D eigenvalue weighted by Gasteiger charge is 2.64. The number of benzene rings is 3. The van der Waals surface area contributed by atoms with Gasteiger partial charge < -0.3 is 0 Å². The van der Waals surface area contributed by atoms with Gasteiger partial charge in [-0.3, -0.25) is 14.4 Å². The Bertz CT molecular complexity index is 1470. The van der Waals surface area contributed by atoms with Crippen LogP contribution in [-0.4, -0.2) is 25.6 Å². The van der Waals surface area contributed by atoms with Crippen molar-refractivity contribution in [2.75, 3.05) is 10.8 Å². The molecule has 0 amide bonds. The number of hydrogen-bond acceptors (Lipinski definition) is 4. The van der Waals surface area contributed by atoms with Crippen LogP contribution in [0.5, 0.6) is 0 Å². The lowest BCUT2D eigenvalue weighted by Gasteiger charge is -2.47. The van der Waals surface area contributed by atoms with E-state index in [-0.39, 0.29) is 5.92 Å². The number of sulfonamides is 1. The van der Waals surface area contributed by atoms with Gasteiger partial charge in [0.25, 0.3) is 15.7 Å². The summed E-state index contributed by atoms with van der Waals surface area (Å²) in [5.41, 5.74) is 0.133. The quantitative estimate of drug-likeness (QED) is 0.326. The number of nitro groups is 1. The SMILES string of the molecule is CC(C)c1ccc2c(c1)[C@@H]1c3ccccc3C(C)(C)[C@]1(F)CN2S(=O)(=O)c1ccccc1[N+](=O)[O-]. The maximum atomic E-state index is 17.5. The maximum Gasteiger partial charge on any atom is 0.289 e. The molecular formula is C27H27FN2O4S. The molecule has 5 rings (SSSR count). The first-order valence-electron chi connectivity index (χ1n) is 11.6. The normalized spacial score (nSPS) is 22.5. The van der Waals surface area contributed by atoms with Crippen molar-refractivity contribution in [3.05, 3.63) is 99.1 Å². The predicted molar refractivity (Wildman–Crippen MR) is 133 cm³/mol. The van der Waals surface area contributed by atoms with E-state index in [1.54, 1.807) is 19.9 Å².